The quantitative estimate of drug-likeness (QED) is 0.880. The maximum Gasteiger partial charge on any atom is 0.255 e. The Labute approximate surface area is 156 Å². The molecule has 3 rings (SSSR count). The fraction of sp³-hybridized carbons (Fsp3) is 0.409. The number of rotatable bonds is 5. The molecule has 0 spiro atoms. The van der Waals surface area contributed by atoms with Crippen LogP contribution in [0.4, 0.5) is 5.69 Å². The molecular weight excluding hydrogens is 324 g/mol. The Morgan fingerprint density at radius 2 is 1.73 bits per heavy atom. The van der Waals surface area contributed by atoms with Gasteiger partial charge in [-0.3, -0.25) is 9.69 Å². The molecule has 1 saturated heterocycles. The fourth-order valence-electron chi connectivity index (χ4n) is 3.58. The SMILES string of the molecule is CCc1ccccc1NC(=O)c1ccc(CN2CC(C)OC(C)C2)cc1. The van der Waals surface area contributed by atoms with Gasteiger partial charge >= 0.3 is 0 Å². The van der Waals surface area contributed by atoms with Crippen molar-refractivity contribution in [1.82, 2.24) is 4.90 Å². The highest BCUT2D eigenvalue weighted by molar-refractivity contribution is 6.04. The molecule has 1 fully saturated rings. The molecule has 4 nitrogen and oxygen atoms in total. The van der Waals surface area contributed by atoms with Crippen LogP contribution in [-0.2, 0) is 17.7 Å². The summed E-state index contributed by atoms with van der Waals surface area (Å²) in [6.07, 6.45) is 1.43. The van der Waals surface area contributed by atoms with Crippen molar-refractivity contribution in [2.24, 2.45) is 0 Å². The highest BCUT2D eigenvalue weighted by Crippen LogP contribution is 2.18. The summed E-state index contributed by atoms with van der Waals surface area (Å²) in [5.41, 5.74) is 3.94. The molecule has 1 heterocycles. The normalized spacial score (nSPS) is 20.7. The third-order valence-electron chi connectivity index (χ3n) is 4.76. The molecule has 2 aromatic rings. The predicted octanol–water partition coefficient (Wildman–Crippen LogP) is 4.11. The lowest BCUT2D eigenvalue weighted by molar-refractivity contribution is -0.0704. The molecule has 2 unspecified atom stereocenters. The van der Waals surface area contributed by atoms with Crippen LogP contribution in [0.5, 0.6) is 0 Å². The van der Waals surface area contributed by atoms with E-state index in [-0.39, 0.29) is 18.1 Å². The summed E-state index contributed by atoms with van der Waals surface area (Å²) in [5, 5.41) is 3.02. The van der Waals surface area contributed by atoms with Gasteiger partial charge in [0.2, 0.25) is 0 Å². The molecule has 4 heteroatoms. The standard InChI is InChI=1S/C22H28N2O2/c1-4-19-7-5-6-8-21(19)23-22(25)20-11-9-18(10-12-20)15-24-13-16(2)26-17(3)14-24/h5-12,16-17H,4,13-15H2,1-3H3,(H,23,25). The Kier molecular flexibility index (Phi) is 6.07. The third kappa shape index (κ3) is 4.71. The monoisotopic (exact) mass is 352 g/mol. The van der Waals surface area contributed by atoms with Gasteiger partial charge in [-0.05, 0) is 49.6 Å². The zero-order valence-corrected chi connectivity index (χ0v) is 15.9. The van der Waals surface area contributed by atoms with Gasteiger partial charge in [0.25, 0.3) is 5.91 Å². The summed E-state index contributed by atoms with van der Waals surface area (Å²) in [5.74, 6) is -0.0638. The van der Waals surface area contributed by atoms with Crippen molar-refractivity contribution in [3.8, 4) is 0 Å². The molecule has 1 aliphatic rings. The Morgan fingerprint density at radius 1 is 1.08 bits per heavy atom. The number of carbonyl (C=O) groups is 1. The molecule has 2 atom stereocenters. The van der Waals surface area contributed by atoms with Gasteiger partial charge < -0.3 is 10.1 Å². The van der Waals surface area contributed by atoms with Gasteiger partial charge in [-0.2, -0.15) is 0 Å². The number of hydrogen-bond donors (Lipinski definition) is 1. The number of morpholine rings is 1. The molecular formula is C22H28N2O2. The maximum absolute atomic E-state index is 12.5. The molecule has 138 valence electrons. The van der Waals surface area contributed by atoms with Crippen molar-refractivity contribution in [2.75, 3.05) is 18.4 Å². The number of nitrogens with one attached hydrogen (secondary N) is 1. The van der Waals surface area contributed by atoms with E-state index in [0.29, 0.717) is 5.56 Å². The number of aryl methyl sites for hydroxylation is 1. The molecule has 0 radical (unpaired) electrons. The van der Waals surface area contributed by atoms with Crippen molar-refractivity contribution in [1.29, 1.82) is 0 Å². The summed E-state index contributed by atoms with van der Waals surface area (Å²) in [6, 6.07) is 15.9. The van der Waals surface area contributed by atoms with Crippen molar-refractivity contribution >= 4 is 11.6 Å². The van der Waals surface area contributed by atoms with E-state index in [1.54, 1.807) is 0 Å². The molecule has 1 amide bonds. The molecule has 0 aliphatic carbocycles. The highest BCUT2D eigenvalue weighted by Gasteiger charge is 2.22. The minimum Gasteiger partial charge on any atom is -0.373 e. The molecule has 1 aliphatic heterocycles. The van der Waals surface area contributed by atoms with Crippen LogP contribution >= 0.6 is 0 Å². The Morgan fingerprint density at radius 3 is 2.38 bits per heavy atom. The van der Waals surface area contributed by atoms with Gasteiger partial charge in [0.05, 0.1) is 12.2 Å². The summed E-state index contributed by atoms with van der Waals surface area (Å²) in [6.45, 7) is 9.10. The lowest BCUT2D eigenvalue weighted by atomic mass is 10.1. The minimum absolute atomic E-state index is 0.0638. The number of benzene rings is 2. The summed E-state index contributed by atoms with van der Waals surface area (Å²) in [4.78, 5) is 14.9. The second-order valence-corrected chi connectivity index (χ2v) is 7.11. The Bertz CT molecular complexity index is 732. The summed E-state index contributed by atoms with van der Waals surface area (Å²) in [7, 11) is 0. The second kappa shape index (κ2) is 8.47. The fourth-order valence-corrected chi connectivity index (χ4v) is 3.58. The zero-order chi connectivity index (χ0) is 18.5. The molecule has 1 N–H and O–H groups in total. The Hall–Kier alpha value is -2.17. The third-order valence-corrected chi connectivity index (χ3v) is 4.76. The van der Waals surface area contributed by atoms with Gasteiger partial charge in [0.1, 0.15) is 0 Å². The largest absolute Gasteiger partial charge is 0.373 e. The van der Waals surface area contributed by atoms with E-state index < -0.39 is 0 Å². The molecule has 0 saturated carbocycles. The topological polar surface area (TPSA) is 41.6 Å². The van der Waals surface area contributed by atoms with Crippen LogP contribution in [-0.4, -0.2) is 36.1 Å². The average Bonchev–Trinajstić information content (AvgIpc) is 2.62. The van der Waals surface area contributed by atoms with E-state index in [0.717, 1.165) is 37.3 Å². The number of nitrogens with zero attached hydrogens (tertiary/aromatic N) is 1. The summed E-state index contributed by atoms with van der Waals surface area (Å²) < 4.78 is 5.79. The van der Waals surface area contributed by atoms with Gasteiger partial charge in [0.15, 0.2) is 0 Å². The van der Waals surface area contributed by atoms with E-state index in [9.17, 15) is 4.79 Å². The number of hydrogen-bond acceptors (Lipinski definition) is 3. The lowest BCUT2D eigenvalue weighted by Gasteiger charge is -2.35. The van der Waals surface area contributed by atoms with Crippen molar-refractivity contribution in [3.05, 3.63) is 65.2 Å². The first-order chi connectivity index (χ1) is 12.5. The van der Waals surface area contributed by atoms with Crippen molar-refractivity contribution < 1.29 is 9.53 Å². The van der Waals surface area contributed by atoms with E-state index in [1.165, 1.54) is 5.56 Å². The molecule has 2 aromatic carbocycles. The number of ether oxygens (including phenoxy) is 1. The lowest BCUT2D eigenvalue weighted by Crippen LogP contribution is -2.44. The van der Waals surface area contributed by atoms with Crippen LogP contribution in [0.1, 0.15) is 42.3 Å². The van der Waals surface area contributed by atoms with Gasteiger partial charge in [-0.15, -0.1) is 0 Å². The van der Waals surface area contributed by atoms with Crippen LogP contribution < -0.4 is 5.32 Å². The predicted molar refractivity (Wildman–Crippen MR) is 106 cm³/mol. The maximum atomic E-state index is 12.5. The number of anilines is 1. The number of carbonyl (C=O) groups excluding carboxylic acids is 1. The molecule has 26 heavy (non-hydrogen) atoms. The Balaban J connectivity index is 1.62. The first-order valence-electron chi connectivity index (χ1n) is 9.41. The highest BCUT2D eigenvalue weighted by atomic mass is 16.5. The van der Waals surface area contributed by atoms with Crippen molar-refractivity contribution in [2.45, 2.75) is 45.9 Å². The van der Waals surface area contributed by atoms with Crippen LogP contribution in [0.3, 0.4) is 0 Å². The zero-order valence-electron chi connectivity index (χ0n) is 15.9. The van der Waals surface area contributed by atoms with Crippen LogP contribution in [0.25, 0.3) is 0 Å². The number of amides is 1. The smallest absolute Gasteiger partial charge is 0.255 e. The first kappa shape index (κ1) is 18.6. The van der Waals surface area contributed by atoms with Crippen LogP contribution in [0, 0.1) is 0 Å². The number of para-hydroxylation sites is 1. The second-order valence-electron chi connectivity index (χ2n) is 7.11. The van der Waals surface area contributed by atoms with E-state index in [1.807, 2.05) is 48.5 Å². The van der Waals surface area contributed by atoms with E-state index in [4.69, 9.17) is 4.74 Å². The average molecular weight is 352 g/mol. The van der Waals surface area contributed by atoms with Crippen molar-refractivity contribution in [3.63, 3.8) is 0 Å². The summed E-state index contributed by atoms with van der Waals surface area (Å²) >= 11 is 0. The van der Waals surface area contributed by atoms with E-state index in [2.05, 4.69) is 31.0 Å². The van der Waals surface area contributed by atoms with Gasteiger partial charge in [0, 0.05) is 30.9 Å². The van der Waals surface area contributed by atoms with Gasteiger partial charge in [-0.1, -0.05) is 37.3 Å². The molecule has 0 bridgehead atoms. The molecule has 0 aromatic heterocycles. The van der Waals surface area contributed by atoms with E-state index >= 15 is 0 Å². The van der Waals surface area contributed by atoms with Crippen LogP contribution in [0.15, 0.2) is 48.5 Å². The minimum atomic E-state index is -0.0638. The van der Waals surface area contributed by atoms with Gasteiger partial charge in [-0.25, -0.2) is 0 Å². The van der Waals surface area contributed by atoms with Crippen LogP contribution in [0.2, 0.25) is 0 Å². The first-order valence-corrected chi connectivity index (χ1v) is 9.41.